The second-order valence-corrected chi connectivity index (χ2v) is 11.0. The fourth-order valence-corrected chi connectivity index (χ4v) is 5.81. The lowest BCUT2D eigenvalue weighted by molar-refractivity contribution is -0.131. The summed E-state index contributed by atoms with van der Waals surface area (Å²) in [7, 11) is 1.15. The van der Waals surface area contributed by atoms with Gasteiger partial charge in [-0.25, -0.2) is 0 Å². The molecule has 158 valence electrons. The molecule has 5 nitrogen and oxygen atoms in total. The van der Waals surface area contributed by atoms with Gasteiger partial charge in [-0.05, 0) is 25.2 Å². The largest absolute Gasteiger partial charge is 0.434 e. The summed E-state index contributed by atoms with van der Waals surface area (Å²) in [4.78, 5) is 14.4. The summed E-state index contributed by atoms with van der Waals surface area (Å²) in [5.74, 6) is 1.08. The number of thiocarbonyl (C=S) groups is 1. The lowest BCUT2D eigenvalue weighted by Gasteiger charge is -2.33. The molecule has 0 spiro atoms. The van der Waals surface area contributed by atoms with Gasteiger partial charge in [0.25, 0.3) is 0 Å². The first-order valence-electron chi connectivity index (χ1n) is 9.75. The van der Waals surface area contributed by atoms with Crippen molar-refractivity contribution in [2.75, 3.05) is 12.4 Å². The molecule has 0 aromatic carbocycles. The van der Waals surface area contributed by atoms with Gasteiger partial charge in [-0.2, -0.15) is 12.2 Å². The summed E-state index contributed by atoms with van der Waals surface area (Å²) in [6.45, 7) is 8.95. The Labute approximate surface area is 185 Å². The van der Waals surface area contributed by atoms with Crippen molar-refractivity contribution in [1.82, 2.24) is 4.90 Å². The Morgan fingerprint density at radius 1 is 1.54 bits per heavy atom. The monoisotopic (exact) mass is 463 g/mol. The van der Waals surface area contributed by atoms with Crippen molar-refractivity contribution < 1.29 is 19.3 Å². The molecule has 28 heavy (non-hydrogen) atoms. The SMILES string of the molecule is C=C1C[C@H](C[C@@H](O)CC(=O)N2C(=S)SC[C@H]2C(C)C)O[C@@H](CCOBPS)C1. The number of nitrogens with zero attached hydrogens (tertiary/aromatic N) is 1. The lowest BCUT2D eigenvalue weighted by Crippen LogP contribution is -2.43. The number of ether oxygens (including phenoxy) is 1. The highest BCUT2D eigenvalue weighted by molar-refractivity contribution is 8.46. The van der Waals surface area contributed by atoms with E-state index in [1.807, 2.05) is 0 Å². The van der Waals surface area contributed by atoms with Crippen LogP contribution in [-0.2, 0) is 14.2 Å². The van der Waals surface area contributed by atoms with Crippen LogP contribution in [0.3, 0.4) is 0 Å². The van der Waals surface area contributed by atoms with Crippen molar-refractivity contribution >= 4 is 61.3 Å². The number of rotatable bonds is 10. The molecule has 2 rings (SSSR count). The number of hydrogen-bond donors (Lipinski definition) is 2. The number of carbonyl (C=O) groups excluding carboxylic acids is 1. The Morgan fingerprint density at radius 2 is 2.25 bits per heavy atom. The molecule has 0 radical (unpaired) electrons. The number of thioether (sulfide) groups is 1. The minimum atomic E-state index is -0.744. The van der Waals surface area contributed by atoms with E-state index in [-0.39, 0.29) is 30.6 Å². The van der Waals surface area contributed by atoms with Gasteiger partial charge < -0.3 is 14.5 Å². The second kappa shape index (κ2) is 12.3. The highest BCUT2D eigenvalue weighted by Crippen LogP contribution is 2.31. The van der Waals surface area contributed by atoms with Crippen molar-refractivity contribution in [2.45, 2.75) is 70.3 Å². The highest BCUT2D eigenvalue weighted by Gasteiger charge is 2.36. The van der Waals surface area contributed by atoms with Crippen LogP contribution in [0.1, 0.15) is 46.0 Å². The van der Waals surface area contributed by atoms with Crippen LogP contribution < -0.4 is 0 Å². The van der Waals surface area contributed by atoms with Crippen molar-refractivity contribution in [2.24, 2.45) is 5.92 Å². The molecular formula is C18H31BNO4PS3. The number of thiol groups is 1. The van der Waals surface area contributed by atoms with Crippen molar-refractivity contribution in [3.63, 3.8) is 0 Å². The molecule has 5 atom stereocenters. The van der Waals surface area contributed by atoms with E-state index >= 15 is 0 Å². The highest BCUT2D eigenvalue weighted by atomic mass is 32.7. The molecule has 0 bridgehead atoms. The molecule has 2 aliphatic heterocycles. The van der Waals surface area contributed by atoms with E-state index in [9.17, 15) is 9.90 Å². The maximum Gasteiger partial charge on any atom is 0.310 e. The average molecular weight is 463 g/mol. The zero-order chi connectivity index (χ0) is 20.7. The first kappa shape index (κ1) is 24.6. The Kier molecular flexibility index (Phi) is 10.8. The molecule has 2 aliphatic rings. The average Bonchev–Trinajstić information content (AvgIpc) is 3.00. The molecule has 0 aliphatic carbocycles. The van der Waals surface area contributed by atoms with Gasteiger partial charge in [-0.3, -0.25) is 9.69 Å². The van der Waals surface area contributed by atoms with Gasteiger partial charge in [0.05, 0.1) is 24.7 Å². The third-order valence-electron chi connectivity index (χ3n) is 5.06. The van der Waals surface area contributed by atoms with Crippen LogP contribution in [-0.4, -0.2) is 64.1 Å². The van der Waals surface area contributed by atoms with Crippen LogP contribution in [0.2, 0.25) is 0 Å². The van der Waals surface area contributed by atoms with Gasteiger partial charge in [0.2, 0.25) is 5.91 Å². The summed E-state index contributed by atoms with van der Waals surface area (Å²) in [5.41, 5.74) is 1.13. The van der Waals surface area contributed by atoms with Crippen LogP contribution in [0.5, 0.6) is 0 Å². The second-order valence-electron chi connectivity index (χ2n) is 7.78. The van der Waals surface area contributed by atoms with E-state index in [1.54, 1.807) is 16.7 Å². The Morgan fingerprint density at radius 3 is 2.93 bits per heavy atom. The number of hydrogen-bond acceptors (Lipinski definition) is 7. The molecule has 0 aromatic heterocycles. The van der Waals surface area contributed by atoms with Crippen LogP contribution >= 0.6 is 43.9 Å². The van der Waals surface area contributed by atoms with Gasteiger partial charge in [-0.1, -0.05) is 57.6 Å². The van der Waals surface area contributed by atoms with Crippen molar-refractivity contribution in [1.29, 1.82) is 0 Å². The molecule has 0 saturated carbocycles. The minimum Gasteiger partial charge on any atom is -0.434 e. The minimum absolute atomic E-state index is 0.0604. The zero-order valence-corrected chi connectivity index (χ0v) is 20.2. The molecule has 2 saturated heterocycles. The van der Waals surface area contributed by atoms with Gasteiger partial charge in [-0.15, -0.1) is 0 Å². The summed E-state index contributed by atoms with van der Waals surface area (Å²) in [6, 6.07) is 0.116. The molecule has 10 heteroatoms. The third-order valence-corrected chi connectivity index (χ3v) is 7.28. The van der Waals surface area contributed by atoms with Crippen LogP contribution in [0.4, 0.5) is 0 Å². The Balaban J connectivity index is 1.82. The number of aliphatic hydroxyl groups is 1. The van der Waals surface area contributed by atoms with Crippen LogP contribution in [0.25, 0.3) is 0 Å². The zero-order valence-electron chi connectivity index (χ0n) is 16.6. The first-order valence-corrected chi connectivity index (χ1v) is 13.6. The summed E-state index contributed by atoms with van der Waals surface area (Å²) in [6.07, 6.45) is 2.07. The van der Waals surface area contributed by atoms with Crippen molar-refractivity contribution in [3.8, 4) is 0 Å². The normalized spacial score (nSPS) is 27.2. The molecular weight excluding hydrogens is 432 g/mol. The number of carbonyl (C=O) groups is 1. The predicted octanol–water partition coefficient (Wildman–Crippen LogP) is 3.31. The quantitative estimate of drug-likeness (QED) is 0.130. The maximum atomic E-state index is 12.7. The molecule has 1 amide bonds. The van der Waals surface area contributed by atoms with E-state index in [4.69, 9.17) is 21.6 Å². The molecule has 2 fully saturated rings. The van der Waals surface area contributed by atoms with Crippen molar-refractivity contribution in [3.05, 3.63) is 12.2 Å². The molecule has 0 aromatic rings. The maximum absolute atomic E-state index is 12.7. The van der Waals surface area contributed by atoms with Crippen LogP contribution in [0.15, 0.2) is 12.2 Å². The van der Waals surface area contributed by atoms with E-state index < -0.39 is 6.10 Å². The summed E-state index contributed by atoms with van der Waals surface area (Å²) in [5, 5.41) is 10.5. The van der Waals surface area contributed by atoms with Gasteiger partial charge >= 0.3 is 7.20 Å². The van der Waals surface area contributed by atoms with E-state index in [0.29, 0.717) is 38.1 Å². The van der Waals surface area contributed by atoms with Gasteiger partial charge in [0.1, 0.15) is 4.32 Å². The van der Waals surface area contributed by atoms with E-state index in [2.05, 4.69) is 32.7 Å². The topological polar surface area (TPSA) is 59.0 Å². The lowest BCUT2D eigenvalue weighted by atomic mass is 9.94. The number of aliphatic hydroxyl groups excluding tert-OH is 1. The van der Waals surface area contributed by atoms with E-state index in [0.717, 1.165) is 30.6 Å². The van der Waals surface area contributed by atoms with Gasteiger partial charge in [0.15, 0.2) is 0 Å². The first-order chi connectivity index (χ1) is 13.3. The Hall–Kier alpha value is 0.375. The smallest absolute Gasteiger partial charge is 0.310 e. The predicted molar refractivity (Wildman–Crippen MR) is 128 cm³/mol. The standard InChI is InChI=1S/C18H31BNO4PS3/c1-11(2)16-10-28-18(26)20(16)17(22)9-13(21)8-15-7-12(3)6-14(24-15)4-5-23-19-25-27/h11,13-16,19,21,25,27H,3-10H2,1-2H3/t13-,14+,15-,16+/m1/s1. The summed E-state index contributed by atoms with van der Waals surface area (Å²) >= 11 is 11.1. The third kappa shape index (κ3) is 7.57. The van der Waals surface area contributed by atoms with Crippen LogP contribution in [0, 0.1) is 5.92 Å². The van der Waals surface area contributed by atoms with Gasteiger partial charge in [0, 0.05) is 24.8 Å². The fraction of sp³-hybridized carbons (Fsp3) is 0.778. The summed E-state index contributed by atoms with van der Waals surface area (Å²) < 4.78 is 12.2. The number of amides is 1. The molecule has 1 unspecified atom stereocenters. The molecule has 1 N–H and O–H groups in total. The Bertz CT molecular complexity index is 569. The fourth-order valence-electron chi connectivity index (χ4n) is 3.64. The molecule has 2 heterocycles. The van der Waals surface area contributed by atoms with E-state index in [1.165, 1.54) is 0 Å².